The van der Waals surface area contributed by atoms with Crippen molar-refractivity contribution < 1.29 is 9.53 Å². The maximum absolute atomic E-state index is 12.6. The molecule has 0 bridgehead atoms. The summed E-state index contributed by atoms with van der Waals surface area (Å²) in [6.45, 7) is 0.995. The third kappa shape index (κ3) is 8.40. The minimum absolute atomic E-state index is 0.0139. The van der Waals surface area contributed by atoms with E-state index in [0.717, 1.165) is 44.9 Å². The predicted molar refractivity (Wildman–Crippen MR) is 106 cm³/mol. The van der Waals surface area contributed by atoms with Gasteiger partial charge in [0.25, 0.3) is 0 Å². The maximum Gasteiger partial charge on any atom is 0.237 e. The monoisotopic (exact) mass is 378 g/mol. The summed E-state index contributed by atoms with van der Waals surface area (Å²) in [7, 11) is 1.61. The van der Waals surface area contributed by atoms with Gasteiger partial charge in [0.1, 0.15) is 0 Å². The number of amides is 1. The molecule has 1 aliphatic rings. The highest BCUT2D eigenvalue weighted by Crippen LogP contribution is 2.25. The van der Waals surface area contributed by atoms with Crippen LogP contribution >= 0.6 is 25.3 Å². The van der Waals surface area contributed by atoms with E-state index in [1.165, 1.54) is 0 Å². The molecule has 24 heavy (non-hydrogen) atoms. The number of carbonyl (C=O) groups excluding carboxylic acids is 1. The van der Waals surface area contributed by atoms with Gasteiger partial charge in [0.05, 0.1) is 12.8 Å². The molecule has 0 heterocycles. The minimum Gasteiger partial charge on any atom is -0.370 e. The SMILES string of the molecule is COCN[C@@H](CCCCN)C(=O)NC1CCC(S)C(S)CC(N)C1. The number of nitrogens with two attached hydrogens (primary N) is 2. The number of unbranched alkanes of at least 4 members (excludes halogenated alkanes) is 1. The smallest absolute Gasteiger partial charge is 0.237 e. The summed E-state index contributed by atoms with van der Waals surface area (Å²) in [5, 5.41) is 6.73. The topological polar surface area (TPSA) is 102 Å². The molecule has 1 fully saturated rings. The third-order valence-corrected chi connectivity index (χ3v) is 5.89. The van der Waals surface area contributed by atoms with Gasteiger partial charge in [-0.2, -0.15) is 25.3 Å². The van der Waals surface area contributed by atoms with Crippen LogP contribution in [0.1, 0.15) is 44.9 Å². The highest BCUT2D eigenvalue weighted by Gasteiger charge is 2.27. The lowest BCUT2D eigenvalue weighted by molar-refractivity contribution is -0.124. The number of hydrogen-bond acceptors (Lipinski definition) is 7. The Kier molecular flexibility index (Phi) is 11.4. The first kappa shape index (κ1) is 22.1. The first-order valence-corrected chi connectivity index (χ1v) is 9.85. The van der Waals surface area contributed by atoms with E-state index < -0.39 is 0 Å². The van der Waals surface area contributed by atoms with Crippen molar-refractivity contribution in [1.29, 1.82) is 0 Å². The van der Waals surface area contributed by atoms with Gasteiger partial charge in [-0.3, -0.25) is 10.1 Å². The van der Waals surface area contributed by atoms with Crippen LogP contribution in [-0.2, 0) is 9.53 Å². The summed E-state index contributed by atoms with van der Waals surface area (Å²) in [5.41, 5.74) is 11.7. The average Bonchev–Trinajstić information content (AvgIpc) is 2.54. The fraction of sp³-hybridized carbons (Fsp3) is 0.938. The molecule has 0 aromatic rings. The number of rotatable bonds is 9. The molecule has 142 valence electrons. The van der Waals surface area contributed by atoms with Crippen LogP contribution in [0.2, 0.25) is 0 Å². The van der Waals surface area contributed by atoms with Gasteiger partial charge in [-0.15, -0.1) is 0 Å². The Morgan fingerprint density at radius 2 is 2.00 bits per heavy atom. The van der Waals surface area contributed by atoms with E-state index >= 15 is 0 Å². The van der Waals surface area contributed by atoms with Crippen molar-refractivity contribution in [2.45, 2.75) is 73.6 Å². The zero-order valence-electron chi connectivity index (χ0n) is 14.6. The molecule has 1 amide bonds. The van der Waals surface area contributed by atoms with Crippen LogP contribution in [0.5, 0.6) is 0 Å². The Bertz CT molecular complexity index is 363. The molecule has 8 heteroatoms. The summed E-state index contributed by atoms with van der Waals surface area (Å²) in [4.78, 5) is 12.6. The number of ether oxygens (including phenoxy) is 1. The Morgan fingerprint density at radius 3 is 2.67 bits per heavy atom. The molecular formula is C16H34N4O2S2. The van der Waals surface area contributed by atoms with Crippen molar-refractivity contribution >= 4 is 31.2 Å². The van der Waals surface area contributed by atoms with E-state index in [-0.39, 0.29) is 34.5 Å². The lowest BCUT2D eigenvalue weighted by atomic mass is 9.92. The van der Waals surface area contributed by atoms with Gasteiger partial charge in [-0.1, -0.05) is 6.42 Å². The Morgan fingerprint density at radius 1 is 1.25 bits per heavy atom. The van der Waals surface area contributed by atoms with Crippen LogP contribution < -0.4 is 22.1 Å². The lowest BCUT2D eigenvalue weighted by Crippen LogP contribution is -2.50. The fourth-order valence-corrected chi connectivity index (χ4v) is 3.74. The first-order chi connectivity index (χ1) is 11.5. The number of thiol groups is 2. The summed E-state index contributed by atoms with van der Waals surface area (Å²) in [6, 6.07) is -0.137. The van der Waals surface area contributed by atoms with Crippen LogP contribution in [0.15, 0.2) is 0 Å². The van der Waals surface area contributed by atoms with Gasteiger partial charge in [0.15, 0.2) is 0 Å². The van der Waals surface area contributed by atoms with E-state index in [9.17, 15) is 4.79 Å². The number of hydrogen-bond donors (Lipinski definition) is 6. The molecule has 0 aromatic carbocycles. The molecule has 4 unspecified atom stereocenters. The van der Waals surface area contributed by atoms with E-state index in [1.807, 2.05) is 0 Å². The lowest BCUT2D eigenvalue weighted by Gasteiger charge is -2.31. The highest BCUT2D eigenvalue weighted by atomic mass is 32.1. The Labute approximate surface area is 157 Å². The molecule has 6 N–H and O–H groups in total. The molecule has 0 spiro atoms. The second-order valence-electron chi connectivity index (χ2n) is 6.62. The molecule has 1 rings (SSSR count). The van der Waals surface area contributed by atoms with Crippen molar-refractivity contribution in [3.05, 3.63) is 0 Å². The zero-order valence-corrected chi connectivity index (χ0v) is 16.4. The predicted octanol–water partition coefficient (Wildman–Crippen LogP) is 0.660. The van der Waals surface area contributed by atoms with Crippen LogP contribution in [0.3, 0.4) is 0 Å². The van der Waals surface area contributed by atoms with Crippen molar-refractivity contribution in [3.8, 4) is 0 Å². The molecular weight excluding hydrogens is 344 g/mol. The van der Waals surface area contributed by atoms with E-state index in [4.69, 9.17) is 16.2 Å². The van der Waals surface area contributed by atoms with E-state index in [1.54, 1.807) is 7.11 Å². The highest BCUT2D eigenvalue weighted by molar-refractivity contribution is 7.85. The largest absolute Gasteiger partial charge is 0.370 e. The van der Waals surface area contributed by atoms with Gasteiger partial charge in [0.2, 0.25) is 5.91 Å². The summed E-state index contributed by atoms with van der Waals surface area (Å²) >= 11 is 9.18. The number of nitrogens with one attached hydrogen (secondary N) is 2. The van der Waals surface area contributed by atoms with Gasteiger partial charge < -0.3 is 21.5 Å². The standard InChI is InChI=1S/C16H34N4O2S2/c1-22-10-19-13(4-2-3-7-17)16(21)20-12-5-6-14(23)15(24)9-11(18)8-12/h11-15,19,23-24H,2-10,17-18H2,1H3,(H,20,21)/t11?,12?,13-,14?,15?/m0/s1. The second kappa shape index (κ2) is 12.4. The second-order valence-corrected chi connectivity index (χ2v) is 7.95. The van der Waals surface area contributed by atoms with Gasteiger partial charge in [0, 0.05) is 29.7 Å². The van der Waals surface area contributed by atoms with Crippen molar-refractivity contribution in [2.24, 2.45) is 11.5 Å². The van der Waals surface area contributed by atoms with Crippen LogP contribution in [0, 0.1) is 0 Å². The molecule has 0 radical (unpaired) electrons. The zero-order chi connectivity index (χ0) is 17.9. The Hall–Kier alpha value is 0.01000. The van der Waals surface area contributed by atoms with Gasteiger partial charge in [-0.05, 0) is 45.1 Å². The maximum atomic E-state index is 12.6. The molecule has 6 nitrogen and oxygen atoms in total. The van der Waals surface area contributed by atoms with Crippen molar-refractivity contribution in [2.75, 3.05) is 20.4 Å². The fourth-order valence-electron chi connectivity index (χ4n) is 3.05. The first-order valence-electron chi connectivity index (χ1n) is 8.82. The Balaban J connectivity index is 2.56. The molecule has 1 aliphatic carbocycles. The van der Waals surface area contributed by atoms with Crippen LogP contribution in [-0.4, -0.2) is 54.9 Å². The third-order valence-electron chi connectivity index (χ3n) is 4.47. The normalized spacial score (nSPS) is 29.5. The number of methoxy groups -OCH3 is 1. The summed E-state index contributed by atoms with van der Waals surface area (Å²) in [6.07, 6.45) is 5.99. The van der Waals surface area contributed by atoms with Gasteiger partial charge in [-0.25, -0.2) is 0 Å². The summed E-state index contributed by atoms with van der Waals surface area (Å²) in [5.74, 6) is 0.0139. The average molecular weight is 379 g/mol. The van der Waals surface area contributed by atoms with E-state index in [2.05, 4.69) is 35.9 Å². The van der Waals surface area contributed by atoms with Gasteiger partial charge >= 0.3 is 0 Å². The van der Waals surface area contributed by atoms with Crippen molar-refractivity contribution in [1.82, 2.24) is 10.6 Å². The summed E-state index contributed by atoms with van der Waals surface area (Å²) < 4.78 is 5.04. The van der Waals surface area contributed by atoms with Crippen LogP contribution in [0.25, 0.3) is 0 Å². The molecule has 0 aromatic heterocycles. The molecule has 1 saturated carbocycles. The quantitative estimate of drug-likeness (QED) is 0.201. The molecule has 0 saturated heterocycles. The molecule has 5 atom stereocenters. The number of carbonyl (C=O) groups is 1. The molecule has 0 aliphatic heterocycles. The minimum atomic E-state index is -0.261. The van der Waals surface area contributed by atoms with Crippen LogP contribution in [0.4, 0.5) is 0 Å². The van der Waals surface area contributed by atoms with E-state index in [0.29, 0.717) is 13.3 Å². The van der Waals surface area contributed by atoms with Crippen molar-refractivity contribution in [3.63, 3.8) is 0 Å².